The standard InChI is InChI=1S/C23H16ClFN2O2S/c24-16-10-8-15(9-11-16)13-26-20-7-2-1-6-19(20)23(22(26)29)27(21(28)14-30-23)18-5-3-4-17(25)12-18/h1-12H,13-14H2/t23-/m1/s1. The highest BCUT2D eigenvalue weighted by Crippen LogP contribution is 2.55. The van der Waals surface area contributed by atoms with Gasteiger partial charge in [-0.3, -0.25) is 14.5 Å². The van der Waals surface area contributed by atoms with Crippen molar-refractivity contribution in [3.8, 4) is 0 Å². The number of rotatable bonds is 3. The molecule has 0 aromatic heterocycles. The first-order valence-electron chi connectivity index (χ1n) is 9.39. The Bertz CT molecular complexity index is 1170. The summed E-state index contributed by atoms with van der Waals surface area (Å²) in [7, 11) is 0. The van der Waals surface area contributed by atoms with Crippen LogP contribution in [-0.2, 0) is 21.0 Å². The Kier molecular flexibility index (Phi) is 4.56. The number of hydrogen-bond acceptors (Lipinski definition) is 3. The molecule has 0 radical (unpaired) electrons. The number of fused-ring (bicyclic) bond motifs is 2. The molecule has 2 aliphatic heterocycles. The molecule has 4 nitrogen and oxygen atoms in total. The molecular weight excluding hydrogens is 423 g/mol. The highest BCUT2D eigenvalue weighted by Gasteiger charge is 2.60. The summed E-state index contributed by atoms with van der Waals surface area (Å²) in [6, 6.07) is 20.6. The zero-order valence-electron chi connectivity index (χ0n) is 15.7. The van der Waals surface area contributed by atoms with E-state index in [1.54, 1.807) is 29.2 Å². The van der Waals surface area contributed by atoms with Gasteiger partial charge in [0.05, 0.1) is 18.0 Å². The van der Waals surface area contributed by atoms with Crippen molar-refractivity contribution in [3.05, 3.63) is 94.8 Å². The molecule has 3 aromatic rings. The third-order valence-corrected chi connectivity index (χ3v) is 7.02. The number of benzene rings is 3. The summed E-state index contributed by atoms with van der Waals surface area (Å²) in [6.07, 6.45) is 0. The van der Waals surface area contributed by atoms with E-state index in [9.17, 15) is 14.0 Å². The van der Waals surface area contributed by atoms with E-state index in [2.05, 4.69) is 0 Å². The van der Waals surface area contributed by atoms with Crippen molar-refractivity contribution in [3.63, 3.8) is 0 Å². The fraction of sp³-hybridized carbons (Fsp3) is 0.130. The minimum Gasteiger partial charge on any atom is -0.304 e. The molecule has 0 aliphatic carbocycles. The molecular formula is C23H16ClFN2O2S. The average molecular weight is 439 g/mol. The van der Waals surface area contributed by atoms with Crippen LogP contribution in [0.2, 0.25) is 5.02 Å². The van der Waals surface area contributed by atoms with Gasteiger partial charge in [0.15, 0.2) is 0 Å². The lowest BCUT2D eigenvalue weighted by molar-refractivity contribution is -0.123. The molecule has 1 atom stereocenters. The molecule has 0 unspecified atom stereocenters. The Morgan fingerprint density at radius 2 is 1.77 bits per heavy atom. The Morgan fingerprint density at radius 1 is 1.00 bits per heavy atom. The topological polar surface area (TPSA) is 40.6 Å². The van der Waals surface area contributed by atoms with Gasteiger partial charge in [0.1, 0.15) is 5.82 Å². The van der Waals surface area contributed by atoms with Crippen LogP contribution in [-0.4, -0.2) is 17.6 Å². The van der Waals surface area contributed by atoms with Crippen molar-refractivity contribution in [2.24, 2.45) is 0 Å². The number of carbonyl (C=O) groups excluding carboxylic acids is 2. The summed E-state index contributed by atoms with van der Waals surface area (Å²) in [5.74, 6) is -0.740. The summed E-state index contributed by atoms with van der Waals surface area (Å²) in [5, 5.41) is 0.623. The van der Waals surface area contributed by atoms with Crippen molar-refractivity contribution in [2.75, 3.05) is 15.6 Å². The predicted octanol–water partition coefficient (Wildman–Crippen LogP) is 4.96. The monoisotopic (exact) mass is 438 g/mol. The van der Waals surface area contributed by atoms with Gasteiger partial charge >= 0.3 is 0 Å². The number of para-hydroxylation sites is 1. The molecule has 2 aliphatic rings. The second-order valence-electron chi connectivity index (χ2n) is 7.18. The smallest absolute Gasteiger partial charge is 0.269 e. The van der Waals surface area contributed by atoms with Gasteiger partial charge < -0.3 is 4.90 Å². The van der Waals surface area contributed by atoms with E-state index in [0.717, 1.165) is 16.8 Å². The van der Waals surface area contributed by atoms with E-state index in [1.807, 2.05) is 36.4 Å². The van der Waals surface area contributed by atoms with Crippen LogP contribution in [0.4, 0.5) is 15.8 Å². The van der Waals surface area contributed by atoms with E-state index in [4.69, 9.17) is 11.6 Å². The van der Waals surface area contributed by atoms with Crippen LogP contribution < -0.4 is 9.80 Å². The third kappa shape index (κ3) is 2.82. The Morgan fingerprint density at radius 3 is 2.53 bits per heavy atom. The normalized spacial score (nSPS) is 20.3. The van der Waals surface area contributed by atoms with Gasteiger partial charge in [-0.25, -0.2) is 4.39 Å². The number of halogens is 2. The predicted molar refractivity (Wildman–Crippen MR) is 117 cm³/mol. The number of anilines is 2. The summed E-state index contributed by atoms with van der Waals surface area (Å²) < 4.78 is 14.0. The molecule has 1 saturated heterocycles. The van der Waals surface area contributed by atoms with Crippen LogP contribution in [0.5, 0.6) is 0 Å². The number of hydrogen-bond donors (Lipinski definition) is 0. The lowest BCUT2D eigenvalue weighted by atomic mass is 10.0. The van der Waals surface area contributed by atoms with Crippen LogP contribution in [0.1, 0.15) is 11.1 Å². The molecule has 150 valence electrons. The molecule has 3 aromatic carbocycles. The van der Waals surface area contributed by atoms with Gasteiger partial charge in [-0.1, -0.05) is 48.0 Å². The number of thioether (sulfide) groups is 1. The molecule has 0 bridgehead atoms. The lowest BCUT2D eigenvalue weighted by Crippen LogP contribution is -2.49. The highest BCUT2D eigenvalue weighted by molar-refractivity contribution is 8.02. The maximum Gasteiger partial charge on any atom is 0.269 e. The number of amides is 2. The van der Waals surface area contributed by atoms with E-state index in [-0.39, 0.29) is 17.6 Å². The first-order valence-corrected chi connectivity index (χ1v) is 10.8. The maximum absolute atomic E-state index is 14.0. The van der Waals surface area contributed by atoms with Gasteiger partial charge in [0, 0.05) is 16.3 Å². The van der Waals surface area contributed by atoms with Crippen LogP contribution in [0, 0.1) is 5.82 Å². The quantitative estimate of drug-likeness (QED) is 0.580. The zero-order chi connectivity index (χ0) is 20.9. The average Bonchev–Trinajstić information content (AvgIpc) is 3.21. The molecule has 0 saturated carbocycles. The number of nitrogens with zero attached hydrogens (tertiary/aromatic N) is 2. The van der Waals surface area contributed by atoms with Crippen molar-refractivity contribution in [1.82, 2.24) is 0 Å². The van der Waals surface area contributed by atoms with E-state index in [1.165, 1.54) is 28.8 Å². The Balaban J connectivity index is 1.64. The van der Waals surface area contributed by atoms with Crippen LogP contribution in [0.25, 0.3) is 0 Å². The Labute approximate surface area is 182 Å². The molecule has 30 heavy (non-hydrogen) atoms. The lowest BCUT2D eigenvalue weighted by Gasteiger charge is -2.33. The van der Waals surface area contributed by atoms with Crippen molar-refractivity contribution >= 4 is 46.6 Å². The summed E-state index contributed by atoms with van der Waals surface area (Å²) in [4.78, 5) is 28.7. The second kappa shape index (κ2) is 7.15. The molecule has 2 amide bonds. The molecule has 2 heterocycles. The van der Waals surface area contributed by atoms with E-state index >= 15 is 0 Å². The van der Waals surface area contributed by atoms with Gasteiger partial charge in [-0.05, 0) is 42.0 Å². The minimum absolute atomic E-state index is 0.144. The molecule has 5 rings (SSSR count). The maximum atomic E-state index is 14.0. The molecule has 1 spiro atoms. The first-order chi connectivity index (χ1) is 14.5. The van der Waals surface area contributed by atoms with Crippen molar-refractivity contribution in [2.45, 2.75) is 11.4 Å². The zero-order valence-corrected chi connectivity index (χ0v) is 17.3. The fourth-order valence-corrected chi connectivity index (χ4v) is 5.59. The summed E-state index contributed by atoms with van der Waals surface area (Å²) in [5.41, 5.74) is 2.79. The summed E-state index contributed by atoms with van der Waals surface area (Å²) >= 11 is 7.27. The van der Waals surface area contributed by atoms with Crippen LogP contribution in [0.15, 0.2) is 72.8 Å². The fourth-order valence-electron chi connectivity index (χ4n) is 4.10. The van der Waals surface area contributed by atoms with E-state index in [0.29, 0.717) is 17.3 Å². The van der Waals surface area contributed by atoms with Crippen LogP contribution in [0.3, 0.4) is 0 Å². The van der Waals surface area contributed by atoms with Gasteiger partial charge in [0.25, 0.3) is 5.91 Å². The third-order valence-electron chi connectivity index (χ3n) is 5.38. The molecule has 1 fully saturated rings. The van der Waals surface area contributed by atoms with E-state index < -0.39 is 10.7 Å². The minimum atomic E-state index is -1.24. The molecule has 0 N–H and O–H groups in total. The van der Waals surface area contributed by atoms with Crippen molar-refractivity contribution < 1.29 is 14.0 Å². The van der Waals surface area contributed by atoms with Gasteiger partial charge in [-0.2, -0.15) is 0 Å². The summed E-state index contributed by atoms with van der Waals surface area (Å²) in [6.45, 7) is 0.348. The largest absolute Gasteiger partial charge is 0.304 e. The van der Waals surface area contributed by atoms with Gasteiger partial charge in [0.2, 0.25) is 10.8 Å². The molecule has 7 heteroatoms. The van der Waals surface area contributed by atoms with Crippen LogP contribution >= 0.6 is 23.4 Å². The van der Waals surface area contributed by atoms with Gasteiger partial charge in [-0.15, -0.1) is 11.8 Å². The first kappa shape index (κ1) is 19.2. The van der Waals surface area contributed by atoms with Crippen molar-refractivity contribution in [1.29, 1.82) is 0 Å². The number of carbonyl (C=O) groups is 2. The Hall–Kier alpha value is -2.83. The SMILES string of the molecule is O=C1CS[C@]2(C(=O)N(Cc3ccc(Cl)cc3)c3ccccc32)N1c1cccc(F)c1. The second-order valence-corrected chi connectivity index (χ2v) is 8.78. The highest BCUT2D eigenvalue weighted by atomic mass is 35.5.